The monoisotopic (exact) mass is 362 g/mol. The van der Waals surface area contributed by atoms with Crippen molar-refractivity contribution in [3.8, 4) is 11.5 Å². The molecule has 0 heterocycles. The number of carbonyl (C=O) groups excluding carboxylic acids is 2. The molecule has 0 atom stereocenters. The van der Waals surface area contributed by atoms with Gasteiger partial charge in [0.05, 0.1) is 31.5 Å². The molecule has 0 spiro atoms. The fourth-order valence-corrected chi connectivity index (χ4v) is 2.41. The maximum atomic E-state index is 12.2. The molecule has 0 saturated carbocycles. The van der Waals surface area contributed by atoms with E-state index in [2.05, 4.69) is 10.6 Å². The van der Waals surface area contributed by atoms with E-state index < -0.39 is 0 Å². The zero-order chi connectivity index (χ0) is 18.4. The zero-order valence-electron chi connectivity index (χ0n) is 14.2. The second-order valence-corrected chi connectivity index (χ2v) is 5.63. The molecule has 0 aliphatic carbocycles. The molecule has 0 aliphatic heterocycles. The molecule has 7 heteroatoms. The van der Waals surface area contributed by atoms with Gasteiger partial charge >= 0.3 is 0 Å². The minimum atomic E-state index is -0.282. The lowest BCUT2D eigenvalue weighted by molar-refractivity contribution is -0.114. The number of halogens is 1. The van der Waals surface area contributed by atoms with Crippen LogP contribution in [0.4, 0.5) is 11.4 Å². The molecule has 0 radical (unpaired) electrons. The summed E-state index contributed by atoms with van der Waals surface area (Å²) in [4.78, 5) is 23.6. The number of hydrogen-bond acceptors (Lipinski definition) is 5. The quantitative estimate of drug-likeness (QED) is 0.736. The molecular formula is C18H19ClN2O4. The summed E-state index contributed by atoms with van der Waals surface area (Å²) in [5.74, 6) is 0.541. The predicted octanol–water partition coefficient (Wildman–Crippen LogP) is 3.61. The molecular weight excluding hydrogens is 344 g/mol. The number of rotatable bonds is 7. The number of benzene rings is 2. The molecule has 2 rings (SSSR count). The average molecular weight is 363 g/mol. The number of anilines is 2. The second kappa shape index (κ2) is 8.39. The van der Waals surface area contributed by atoms with Gasteiger partial charge in [-0.05, 0) is 19.1 Å². The van der Waals surface area contributed by atoms with Crippen LogP contribution in [0.5, 0.6) is 11.5 Å². The van der Waals surface area contributed by atoms with Gasteiger partial charge < -0.3 is 20.1 Å². The summed E-state index contributed by atoms with van der Waals surface area (Å²) in [5, 5.41) is 6.10. The van der Waals surface area contributed by atoms with E-state index in [0.717, 1.165) is 0 Å². The summed E-state index contributed by atoms with van der Waals surface area (Å²) in [7, 11) is 2.97. The van der Waals surface area contributed by atoms with Crippen LogP contribution in [0.1, 0.15) is 17.3 Å². The lowest BCUT2D eigenvalue weighted by Crippen LogP contribution is -2.22. The maximum absolute atomic E-state index is 12.2. The number of Topliss-reactive ketones (excluding diaryl/α,β-unsaturated/α-hetero) is 1. The molecule has 2 aromatic rings. The lowest BCUT2D eigenvalue weighted by Gasteiger charge is -2.14. The van der Waals surface area contributed by atoms with Crippen LogP contribution in [0.15, 0.2) is 36.4 Å². The van der Waals surface area contributed by atoms with E-state index in [1.54, 1.807) is 36.4 Å². The van der Waals surface area contributed by atoms with Crippen LogP contribution in [-0.2, 0) is 4.79 Å². The van der Waals surface area contributed by atoms with E-state index in [1.165, 1.54) is 21.1 Å². The molecule has 25 heavy (non-hydrogen) atoms. The Balaban J connectivity index is 2.05. The highest BCUT2D eigenvalue weighted by Gasteiger charge is 2.12. The molecule has 2 aromatic carbocycles. The minimum Gasteiger partial charge on any atom is -0.495 e. The standard InChI is InChI=1S/C18H19ClN2O4/c1-11(22)12-5-4-6-13(7-12)20-10-18(23)21-15-9-16(24-2)14(19)8-17(15)25-3/h4-9,20H,10H2,1-3H3,(H,21,23). The highest BCUT2D eigenvalue weighted by molar-refractivity contribution is 6.32. The van der Waals surface area contributed by atoms with E-state index in [9.17, 15) is 9.59 Å². The van der Waals surface area contributed by atoms with Crippen molar-refractivity contribution < 1.29 is 19.1 Å². The molecule has 1 amide bonds. The number of amides is 1. The maximum Gasteiger partial charge on any atom is 0.243 e. The van der Waals surface area contributed by atoms with E-state index in [1.807, 2.05) is 0 Å². The van der Waals surface area contributed by atoms with Gasteiger partial charge in [-0.1, -0.05) is 23.7 Å². The van der Waals surface area contributed by atoms with Crippen LogP contribution in [0.25, 0.3) is 0 Å². The first-order chi connectivity index (χ1) is 11.9. The van der Waals surface area contributed by atoms with Crippen LogP contribution in [0.3, 0.4) is 0 Å². The number of ketones is 1. The minimum absolute atomic E-state index is 0.0233. The molecule has 0 bridgehead atoms. The number of ether oxygens (including phenoxy) is 2. The van der Waals surface area contributed by atoms with Crippen molar-refractivity contribution in [2.45, 2.75) is 6.92 Å². The average Bonchev–Trinajstić information content (AvgIpc) is 2.61. The Bertz CT molecular complexity index is 793. The molecule has 0 aliphatic rings. The normalized spacial score (nSPS) is 10.1. The third-order valence-electron chi connectivity index (χ3n) is 3.47. The Kier molecular flexibility index (Phi) is 6.25. The van der Waals surface area contributed by atoms with Crippen LogP contribution >= 0.6 is 11.6 Å². The highest BCUT2D eigenvalue weighted by atomic mass is 35.5. The van der Waals surface area contributed by atoms with Crippen molar-refractivity contribution in [2.75, 3.05) is 31.4 Å². The fraction of sp³-hybridized carbons (Fsp3) is 0.222. The number of nitrogens with one attached hydrogen (secondary N) is 2. The number of carbonyl (C=O) groups is 2. The highest BCUT2D eigenvalue weighted by Crippen LogP contribution is 2.35. The van der Waals surface area contributed by atoms with Gasteiger partial charge in [0.2, 0.25) is 5.91 Å². The first kappa shape index (κ1) is 18.6. The topological polar surface area (TPSA) is 76.7 Å². The van der Waals surface area contributed by atoms with Crippen molar-refractivity contribution in [1.82, 2.24) is 0 Å². The summed E-state index contributed by atoms with van der Waals surface area (Å²) in [5.41, 5.74) is 1.71. The van der Waals surface area contributed by atoms with Gasteiger partial charge in [-0.15, -0.1) is 0 Å². The zero-order valence-corrected chi connectivity index (χ0v) is 14.9. The van der Waals surface area contributed by atoms with Gasteiger partial charge in [-0.3, -0.25) is 9.59 Å². The molecule has 0 unspecified atom stereocenters. The van der Waals surface area contributed by atoms with Crippen molar-refractivity contribution >= 4 is 34.7 Å². The first-order valence-corrected chi connectivity index (χ1v) is 7.88. The summed E-state index contributed by atoms with van der Waals surface area (Å²) < 4.78 is 10.4. The van der Waals surface area contributed by atoms with Gasteiger partial charge in [0, 0.05) is 23.4 Å². The summed E-state index contributed by atoms with van der Waals surface area (Å²) in [6.45, 7) is 1.52. The van der Waals surface area contributed by atoms with Crippen molar-refractivity contribution in [3.63, 3.8) is 0 Å². The van der Waals surface area contributed by atoms with Crippen molar-refractivity contribution in [2.24, 2.45) is 0 Å². The molecule has 0 fully saturated rings. The second-order valence-electron chi connectivity index (χ2n) is 5.23. The van der Waals surface area contributed by atoms with E-state index in [-0.39, 0.29) is 18.2 Å². The van der Waals surface area contributed by atoms with E-state index >= 15 is 0 Å². The van der Waals surface area contributed by atoms with Gasteiger partial charge in [-0.2, -0.15) is 0 Å². The first-order valence-electron chi connectivity index (χ1n) is 7.51. The summed E-state index contributed by atoms with van der Waals surface area (Å²) in [6, 6.07) is 10.1. The molecule has 0 aromatic heterocycles. The third-order valence-corrected chi connectivity index (χ3v) is 3.77. The predicted molar refractivity (Wildman–Crippen MR) is 98.1 cm³/mol. The smallest absolute Gasteiger partial charge is 0.243 e. The molecule has 0 saturated heterocycles. The Morgan fingerprint density at radius 2 is 1.80 bits per heavy atom. The van der Waals surface area contributed by atoms with Gasteiger partial charge in [0.25, 0.3) is 0 Å². The Hall–Kier alpha value is -2.73. The SMILES string of the molecule is COc1cc(NC(=O)CNc2cccc(C(C)=O)c2)c(OC)cc1Cl. The number of hydrogen-bond donors (Lipinski definition) is 2. The Morgan fingerprint density at radius 1 is 1.08 bits per heavy atom. The summed E-state index contributed by atoms with van der Waals surface area (Å²) in [6.07, 6.45) is 0. The van der Waals surface area contributed by atoms with Gasteiger partial charge in [-0.25, -0.2) is 0 Å². The van der Waals surface area contributed by atoms with Gasteiger partial charge in [0.1, 0.15) is 11.5 Å². The lowest BCUT2D eigenvalue weighted by atomic mass is 10.1. The van der Waals surface area contributed by atoms with E-state index in [4.69, 9.17) is 21.1 Å². The molecule has 2 N–H and O–H groups in total. The summed E-state index contributed by atoms with van der Waals surface area (Å²) >= 11 is 6.04. The van der Waals surface area contributed by atoms with E-state index in [0.29, 0.717) is 33.5 Å². The number of methoxy groups -OCH3 is 2. The third kappa shape index (κ3) is 4.87. The molecule has 6 nitrogen and oxygen atoms in total. The Labute approximate surface area is 151 Å². The fourth-order valence-electron chi connectivity index (χ4n) is 2.18. The van der Waals surface area contributed by atoms with Crippen LogP contribution in [-0.4, -0.2) is 32.5 Å². The Morgan fingerprint density at radius 3 is 2.44 bits per heavy atom. The van der Waals surface area contributed by atoms with Crippen molar-refractivity contribution in [1.29, 1.82) is 0 Å². The van der Waals surface area contributed by atoms with Crippen molar-refractivity contribution in [3.05, 3.63) is 47.0 Å². The largest absolute Gasteiger partial charge is 0.495 e. The molecule has 132 valence electrons. The van der Waals surface area contributed by atoms with Gasteiger partial charge in [0.15, 0.2) is 5.78 Å². The van der Waals surface area contributed by atoms with Crippen LogP contribution in [0.2, 0.25) is 5.02 Å². The van der Waals surface area contributed by atoms with Crippen LogP contribution < -0.4 is 20.1 Å². The van der Waals surface area contributed by atoms with Crippen LogP contribution in [0, 0.1) is 0 Å².